The number of ether oxygens (including phenoxy) is 1. The Morgan fingerprint density at radius 1 is 1.14 bits per heavy atom. The number of fused-ring (bicyclic) bond motifs is 4. The summed E-state index contributed by atoms with van der Waals surface area (Å²) in [6.45, 7) is 5.63. The topological polar surface area (TPSA) is 63.6 Å². The summed E-state index contributed by atoms with van der Waals surface area (Å²) in [5.74, 6) is 1.59. The summed E-state index contributed by atoms with van der Waals surface area (Å²) in [4.78, 5) is 26.6. The maximum absolute atomic E-state index is 12.6. The lowest BCUT2D eigenvalue weighted by molar-refractivity contribution is -0.119. The molecular formula is C23H29N3O3. The van der Waals surface area contributed by atoms with Gasteiger partial charge in [-0.3, -0.25) is 9.59 Å². The Morgan fingerprint density at radius 2 is 1.97 bits per heavy atom. The van der Waals surface area contributed by atoms with Crippen molar-refractivity contribution in [1.29, 1.82) is 0 Å². The lowest BCUT2D eigenvalue weighted by Gasteiger charge is -2.47. The Morgan fingerprint density at radius 3 is 2.76 bits per heavy atom. The second kappa shape index (κ2) is 8.82. The van der Waals surface area contributed by atoms with Crippen LogP contribution in [0.5, 0.6) is 5.75 Å². The van der Waals surface area contributed by atoms with Gasteiger partial charge in [-0.1, -0.05) is 24.3 Å². The van der Waals surface area contributed by atoms with E-state index >= 15 is 0 Å². The zero-order chi connectivity index (χ0) is 20.2. The molecule has 0 spiro atoms. The fraction of sp³-hybridized carbons (Fsp3) is 0.478. The highest BCUT2D eigenvalue weighted by Crippen LogP contribution is 2.40. The van der Waals surface area contributed by atoms with E-state index in [0.29, 0.717) is 25.0 Å². The van der Waals surface area contributed by atoms with Crippen molar-refractivity contribution < 1.29 is 9.53 Å². The van der Waals surface area contributed by atoms with Crippen LogP contribution in [0.1, 0.15) is 37.4 Å². The molecule has 0 unspecified atom stereocenters. The normalized spacial score (nSPS) is 23.3. The number of aromatic nitrogens is 1. The highest BCUT2D eigenvalue weighted by molar-refractivity contribution is 5.72. The zero-order valence-electron chi connectivity index (χ0n) is 16.9. The molecule has 2 aromatic rings. The maximum Gasteiger partial charge on any atom is 0.251 e. The number of benzene rings is 1. The van der Waals surface area contributed by atoms with Gasteiger partial charge in [-0.15, -0.1) is 0 Å². The molecule has 1 fully saturated rings. The van der Waals surface area contributed by atoms with Gasteiger partial charge in [-0.05, 0) is 37.0 Å². The van der Waals surface area contributed by atoms with Gasteiger partial charge < -0.3 is 19.5 Å². The largest absolute Gasteiger partial charge is 0.494 e. The van der Waals surface area contributed by atoms with Crippen LogP contribution in [-0.2, 0) is 4.79 Å². The van der Waals surface area contributed by atoms with Crippen LogP contribution in [-0.4, -0.2) is 48.2 Å². The number of nitrogens with zero attached hydrogens (tertiary/aromatic N) is 2. The molecule has 1 aromatic carbocycles. The number of para-hydroxylation sites is 1. The van der Waals surface area contributed by atoms with Crippen LogP contribution in [0, 0.1) is 5.92 Å². The third kappa shape index (κ3) is 4.53. The predicted octanol–water partition coefficient (Wildman–Crippen LogP) is 2.41. The Kier molecular flexibility index (Phi) is 6.00. The molecule has 1 aromatic heterocycles. The summed E-state index contributed by atoms with van der Waals surface area (Å²) in [7, 11) is 0. The molecule has 3 atom stereocenters. The van der Waals surface area contributed by atoms with Gasteiger partial charge in [0.15, 0.2) is 0 Å². The molecule has 3 heterocycles. The second-order valence-electron chi connectivity index (χ2n) is 8.13. The molecule has 2 bridgehead atoms. The predicted molar refractivity (Wildman–Crippen MR) is 112 cm³/mol. The maximum atomic E-state index is 12.6. The zero-order valence-corrected chi connectivity index (χ0v) is 16.9. The smallest absolute Gasteiger partial charge is 0.251 e. The lowest BCUT2D eigenvalue weighted by atomic mass is 9.78. The van der Waals surface area contributed by atoms with E-state index in [4.69, 9.17) is 4.74 Å². The fourth-order valence-electron chi connectivity index (χ4n) is 4.82. The quantitative estimate of drug-likeness (QED) is 0.732. The molecule has 1 saturated heterocycles. The monoisotopic (exact) mass is 395 g/mol. The van der Waals surface area contributed by atoms with Gasteiger partial charge in [0.1, 0.15) is 5.75 Å². The molecule has 154 valence electrons. The first kappa shape index (κ1) is 19.7. The van der Waals surface area contributed by atoms with Crippen LogP contribution in [0.25, 0.3) is 0 Å². The average molecular weight is 396 g/mol. The van der Waals surface area contributed by atoms with E-state index in [0.717, 1.165) is 43.9 Å². The molecule has 2 aliphatic heterocycles. The number of piperidine rings is 1. The van der Waals surface area contributed by atoms with E-state index in [9.17, 15) is 9.59 Å². The van der Waals surface area contributed by atoms with Crippen molar-refractivity contribution in [3.63, 3.8) is 0 Å². The summed E-state index contributed by atoms with van der Waals surface area (Å²) in [6, 6.07) is 15.5. The average Bonchev–Trinajstić information content (AvgIpc) is 2.72. The van der Waals surface area contributed by atoms with E-state index in [1.54, 1.807) is 6.07 Å². The van der Waals surface area contributed by atoms with E-state index in [-0.39, 0.29) is 17.5 Å². The van der Waals surface area contributed by atoms with Gasteiger partial charge in [-0.25, -0.2) is 0 Å². The summed E-state index contributed by atoms with van der Waals surface area (Å²) >= 11 is 0. The molecule has 2 aliphatic rings. The molecule has 4 rings (SSSR count). The fourth-order valence-corrected chi connectivity index (χ4v) is 4.82. The second-order valence-corrected chi connectivity index (χ2v) is 8.13. The standard InChI is InChI=1S/C23H29N3O3/c1-17(27)24-14-22-19-13-18(21-9-5-10-23(28)26(21)22)15-25(16-19)11-6-12-29-20-7-3-2-4-8-20/h2-5,7-10,18-19,22H,6,11-16H2,1H3,(H,24,27)/t18-,19+,22+/m1/s1. The van der Waals surface area contributed by atoms with Gasteiger partial charge in [0.25, 0.3) is 5.56 Å². The third-order valence-electron chi connectivity index (χ3n) is 6.06. The number of likely N-dealkylation sites (tertiary alicyclic amines) is 1. The summed E-state index contributed by atoms with van der Waals surface area (Å²) in [5.41, 5.74) is 1.15. The van der Waals surface area contributed by atoms with Gasteiger partial charge in [0.05, 0.1) is 12.6 Å². The molecule has 1 N–H and O–H groups in total. The molecule has 1 amide bonds. The van der Waals surface area contributed by atoms with E-state index < -0.39 is 0 Å². The van der Waals surface area contributed by atoms with Gasteiger partial charge in [0, 0.05) is 50.8 Å². The Balaban J connectivity index is 1.42. The van der Waals surface area contributed by atoms with Gasteiger partial charge >= 0.3 is 0 Å². The highest BCUT2D eigenvalue weighted by atomic mass is 16.5. The van der Waals surface area contributed by atoms with Crippen LogP contribution in [0.3, 0.4) is 0 Å². The first-order valence-corrected chi connectivity index (χ1v) is 10.5. The Bertz CT molecular complexity index is 896. The number of rotatable bonds is 7. The van der Waals surface area contributed by atoms with Crippen LogP contribution in [0.15, 0.2) is 53.3 Å². The number of amides is 1. The minimum absolute atomic E-state index is 0.0159. The van der Waals surface area contributed by atoms with E-state index in [1.807, 2.05) is 41.0 Å². The number of nitrogens with one attached hydrogen (secondary N) is 1. The summed E-state index contributed by atoms with van der Waals surface area (Å²) < 4.78 is 7.76. The van der Waals surface area contributed by atoms with E-state index in [1.165, 1.54) is 6.92 Å². The van der Waals surface area contributed by atoms with Crippen molar-refractivity contribution in [3.05, 3.63) is 64.6 Å². The summed E-state index contributed by atoms with van der Waals surface area (Å²) in [5, 5.41) is 2.93. The minimum atomic E-state index is -0.0524. The molecule has 6 heteroatoms. The Labute approximate surface area is 171 Å². The van der Waals surface area contributed by atoms with Crippen LogP contribution in [0.4, 0.5) is 0 Å². The van der Waals surface area contributed by atoms with Crippen molar-refractivity contribution in [1.82, 2.24) is 14.8 Å². The van der Waals surface area contributed by atoms with Gasteiger partial charge in [0.2, 0.25) is 5.91 Å². The first-order chi connectivity index (χ1) is 14.1. The van der Waals surface area contributed by atoms with E-state index in [2.05, 4.69) is 16.3 Å². The van der Waals surface area contributed by atoms with Crippen LogP contribution < -0.4 is 15.6 Å². The molecule has 0 saturated carbocycles. The molecular weight excluding hydrogens is 366 g/mol. The van der Waals surface area contributed by atoms with Crippen molar-refractivity contribution >= 4 is 5.91 Å². The van der Waals surface area contributed by atoms with Crippen molar-refractivity contribution in [2.24, 2.45) is 5.92 Å². The number of hydrogen-bond acceptors (Lipinski definition) is 4. The van der Waals surface area contributed by atoms with Crippen molar-refractivity contribution in [2.75, 3.05) is 32.8 Å². The highest BCUT2D eigenvalue weighted by Gasteiger charge is 2.40. The molecule has 0 radical (unpaired) electrons. The van der Waals surface area contributed by atoms with Gasteiger partial charge in [-0.2, -0.15) is 0 Å². The Hall–Kier alpha value is -2.60. The number of pyridine rings is 1. The first-order valence-electron chi connectivity index (χ1n) is 10.5. The van der Waals surface area contributed by atoms with Crippen molar-refractivity contribution in [2.45, 2.75) is 31.7 Å². The van der Waals surface area contributed by atoms with Crippen LogP contribution in [0.2, 0.25) is 0 Å². The van der Waals surface area contributed by atoms with Crippen LogP contribution >= 0.6 is 0 Å². The molecule has 6 nitrogen and oxygen atoms in total. The molecule has 0 aliphatic carbocycles. The number of hydrogen-bond donors (Lipinski definition) is 1. The summed E-state index contributed by atoms with van der Waals surface area (Å²) in [6.07, 6.45) is 2.04. The molecule has 29 heavy (non-hydrogen) atoms. The number of carbonyl (C=O) groups is 1. The third-order valence-corrected chi connectivity index (χ3v) is 6.06. The lowest BCUT2D eigenvalue weighted by Crippen LogP contribution is -2.52. The van der Waals surface area contributed by atoms with Crippen molar-refractivity contribution in [3.8, 4) is 5.75 Å². The minimum Gasteiger partial charge on any atom is -0.494 e. The SMILES string of the molecule is CC(=O)NC[C@H]1[C@H]2C[C@H](CN(CCCOc3ccccc3)C2)c2cccc(=O)n21. The number of carbonyl (C=O) groups excluding carboxylic acids is 1.